The number of benzene rings is 1. The number of nitrogens with zero attached hydrogens (tertiary/aromatic N) is 1. The molecule has 1 aliphatic carbocycles. The fourth-order valence-corrected chi connectivity index (χ4v) is 6.52. The number of carbonyl (C=O) groups is 2. The number of hydrogen-bond acceptors (Lipinski definition) is 6. The summed E-state index contributed by atoms with van der Waals surface area (Å²) in [5.41, 5.74) is 6.76. The molecule has 3 aromatic rings. The van der Waals surface area contributed by atoms with E-state index in [0.717, 1.165) is 41.0 Å². The minimum absolute atomic E-state index is 0.105. The molecule has 0 bridgehead atoms. The number of non-ortho nitro benzene ring substituents is 1. The number of primary amides is 1. The smallest absolute Gasteiger partial charge is 0.287 e. The number of nitro groups is 1. The molecule has 7 nitrogen and oxygen atoms in total. The number of carbonyl (C=O) groups excluding carboxylic acids is 2. The Hall–Kier alpha value is -2.49. The van der Waals surface area contributed by atoms with Crippen LogP contribution >= 0.6 is 34.3 Å². The Morgan fingerprint density at radius 3 is 2.79 bits per heavy atom. The highest BCUT2D eigenvalue weighted by atomic mass is 35.5. The first-order chi connectivity index (χ1) is 13.8. The molecule has 2 amide bonds. The predicted octanol–water partition coefficient (Wildman–Crippen LogP) is 5.00. The van der Waals surface area contributed by atoms with E-state index in [9.17, 15) is 19.7 Å². The van der Waals surface area contributed by atoms with Gasteiger partial charge >= 0.3 is 0 Å². The molecule has 0 aliphatic heterocycles. The first kappa shape index (κ1) is 19.8. The number of fused-ring (bicyclic) bond motifs is 2. The molecule has 1 atom stereocenters. The summed E-state index contributed by atoms with van der Waals surface area (Å²) in [5.74, 6) is -0.590. The fraction of sp³-hybridized carbons (Fsp3) is 0.263. The molecule has 2 aromatic heterocycles. The Balaban J connectivity index is 1.74. The molecule has 150 valence electrons. The van der Waals surface area contributed by atoms with Crippen molar-refractivity contribution in [1.29, 1.82) is 0 Å². The van der Waals surface area contributed by atoms with Crippen LogP contribution in [0, 0.1) is 16.0 Å². The van der Waals surface area contributed by atoms with Crippen LogP contribution in [0.3, 0.4) is 0 Å². The molecule has 0 saturated heterocycles. The maximum absolute atomic E-state index is 12.9. The zero-order valence-corrected chi connectivity index (χ0v) is 17.7. The summed E-state index contributed by atoms with van der Waals surface area (Å²) in [5, 5.41) is 15.1. The van der Waals surface area contributed by atoms with Crippen molar-refractivity contribution >= 4 is 66.9 Å². The number of amides is 2. The van der Waals surface area contributed by atoms with Crippen LogP contribution in [0.1, 0.15) is 43.8 Å². The second-order valence-corrected chi connectivity index (χ2v) is 9.53. The maximum Gasteiger partial charge on any atom is 0.287 e. The first-order valence-corrected chi connectivity index (χ1v) is 10.9. The highest BCUT2D eigenvalue weighted by molar-refractivity contribution is 7.22. The molecule has 10 heteroatoms. The summed E-state index contributed by atoms with van der Waals surface area (Å²) in [6.07, 6.45) is 2.55. The number of thiophene rings is 2. The largest absolute Gasteiger partial charge is 0.365 e. The first-order valence-electron chi connectivity index (χ1n) is 8.89. The second-order valence-electron chi connectivity index (χ2n) is 7.03. The molecule has 0 unspecified atom stereocenters. The molecule has 0 spiro atoms. The Bertz CT molecular complexity index is 1180. The third kappa shape index (κ3) is 3.39. The van der Waals surface area contributed by atoms with Gasteiger partial charge in [-0.15, -0.1) is 22.7 Å². The zero-order valence-electron chi connectivity index (χ0n) is 15.3. The summed E-state index contributed by atoms with van der Waals surface area (Å²) in [7, 11) is 0. The number of rotatable bonds is 4. The third-order valence-corrected chi connectivity index (χ3v) is 7.92. The van der Waals surface area contributed by atoms with Crippen molar-refractivity contribution in [3.8, 4) is 0 Å². The van der Waals surface area contributed by atoms with Crippen molar-refractivity contribution in [2.75, 3.05) is 5.32 Å². The molecular weight excluding hydrogens is 434 g/mol. The molecule has 1 aliphatic rings. The van der Waals surface area contributed by atoms with Crippen molar-refractivity contribution in [2.24, 2.45) is 11.7 Å². The Morgan fingerprint density at radius 1 is 1.34 bits per heavy atom. The van der Waals surface area contributed by atoms with Gasteiger partial charge in [0.05, 0.1) is 15.5 Å². The molecule has 1 aromatic carbocycles. The zero-order chi connectivity index (χ0) is 20.9. The van der Waals surface area contributed by atoms with Crippen molar-refractivity contribution in [2.45, 2.75) is 26.2 Å². The van der Waals surface area contributed by atoms with Gasteiger partial charge in [0, 0.05) is 16.3 Å². The summed E-state index contributed by atoms with van der Waals surface area (Å²) < 4.78 is 0.335. The van der Waals surface area contributed by atoms with E-state index in [1.165, 1.54) is 23.5 Å². The van der Waals surface area contributed by atoms with Gasteiger partial charge in [-0.1, -0.05) is 30.7 Å². The van der Waals surface area contributed by atoms with Crippen LogP contribution in [0.15, 0.2) is 18.2 Å². The molecule has 4 rings (SSSR count). The van der Waals surface area contributed by atoms with E-state index in [2.05, 4.69) is 12.2 Å². The third-order valence-electron chi connectivity index (χ3n) is 5.02. The van der Waals surface area contributed by atoms with Gasteiger partial charge in [-0.05, 0) is 30.7 Å². The van der Waals surface area contributed by atoms with Crippen LogP contribution in [0.4, 0.5) is 10.7 Å². The number of hydrogen-bond donors (Lipinski definition) is 2. The minimum atomic E-state index is -0.578. The lowest BCUT2D eigenvalue weighted by molar-refractivity contribution is -0.382. The summed E-state index contributed by atoms with van der Waals surface area (Å²) in [6.45, 7) is 2.15. The van der Waals surface area contributed by atoms with E-state index in [-0.39, 0.29) is 15.6 Å². The molecule has 0 radical (unpaired) electrons. The fourth-order valence-electron chi connectivity index (χ4n) is 3.62. The highest BCUT2D eigenvalue weighted by Gasteiger charge is 2.29. The lowest BCUT2D eigenvalue weighted by atomic mass is 9.88. The van der Waals surface area contributed by atoms with Gasteiger partial charge < -0.3 is 11.1 Å². The second kappa shape index (κ2) is 7.40. The van der Waals surface area contributed by atoms with Gasteiger partial charge in [0.25, 0.3) is 17.5 Å². The lowest BCUT2D eigenvalue weighted by Crippen LogP contribution is -2.19. The predicted molar refractivity (Wildman–Crippen MR) is 115 cm³/mol. The van der Waals surface area contributed by atoms with E-state index in [1.807, 2.05) is 0 Å². The number of nitrogens with two attached hydrogens (primary N) is 1. The Kier molecular flexibility index (Phi) is 5.05. The van der Waals surface area contributed by atoms with E-state index in [0.29, 0.717) is 26.6 Å². The summed E-state index contributed by atoms with van der Waals surface area (Å²) >= 11 is 8.67. The van der Waals surface area contributed by atoms with Gasteiger partial charge in [0.1, 0.15) is 14.6 Å². The van der Waals surface area contributed by atoms with Crippen LogP contribution in [0.5, 0.6) is 0 Å². The minimum Gasteiger partial charge on any atom is -0.365 e. The number of nitrogens with one attached hydrogen (secondary N) is 1. The van der Waals surface area contributed by atoms with Crippen LogP contribution < -0.4 is 11.1 Å². The van der Waals surface area contributed by atoms with Gasteiger partial charge in [-0.25, -0.2) is 0 Å². The van der Waals surface area contributed by atoms with Crippen molar-refractivity contribution in [3.05, 3.63) is 54.2 Å². The maximum atomic E-state index is 12.9. The molecule has 2 heterocycles. The standard InChI is InChI=1S/C19H16ClN3O4S2/c1-8-5-6-9-12(7-8)28-19(13(9)17(21)24)22-18(25)16-14(20)10-3-2-4-11(23(26)27)15(10)29-16/h2-4,8H,5-7H2,1H3,(H2,21,24)(H,22,25)/t8-/m0/s1. The van der Waals surface area contributed by atoms with E-state index in [1.54, 1.807) is 6.07 Å². The Labute approximate surface area is 178 Å². The van der Waals surface area contributed by atoms with E-state index >= 15 is 0 Å². The molecule has 0 saturated carbocycles. The van der Waals surface area contributed by atoms with Crippen molar-refractivity contribution < 1.29 is 14.5 Å². The van der Waals surface area contributed by atoms with E-state index < -0.39 is 16.7 Å². The number of halogens is 1. The SMILES string of the molecule is C[C@H]1CCc2c(sc(NC(=O)c3sc4c([N+](=O)[O-])cccc4c3Cl)c2C(N)=O)C1. The highest BCUT2D eigenvalue weighted by Crippen LogP contribution is 2.42. The molecular formula is C19H16ClN3O4S2. The Morgan fingerprint density at radius 2 is 2.10 bits per heavy atom. The lowest BCUT2D eigenvalue weighted by Gasteiger charge is -2.18. The number of nitro benzene ring substituents is 1. The van der Waals surface area contributed by atoms with Crippen molar-refractivity contribution in [3.63, 3.8) is 0 Å². The van der Waals surface area contributed by atoms with E-state index in [4.69, 9.17) is 17.3 Å². The van der Waals surface area contributed by atoms with Gasteiger partial charge in [-0.3, -0.25) is 19.7 Å². The quantitative estimate of drug-likeness (QED) is 0.430. The summed E-state index contributed by atoms with van der Waals surface area (Å²) in [6, 6.07) is 4.54. The van der Waals surface area contributed by atoms with Crippen LogP contribution in [-0.4, -0.2) is 16.7 Å². The molecule has 29 heavy (non-hydrogen) atoms. The van der Waals surface area contributed by atoms with Gasteiger partial charge in [0.15, 0.2) is 0 Å². The van der Waals surface area contributed by atoms with Crippen LogP contribution in [-0.2, 0) is 12.8 Å². The van der Waals surface area contributed by atoms with Gasteiger partial charge in [0.2, 0.25) is 0 Å². The normalized spacial score (nSPS) is 15.9. The molecule has 3 N–H and O–H groups in total. The van der Waals surface area contributed by atoms with Crippen LogP contribution in [0.25, 0.3) is 10.1 Å². The topological polar surface area (TPSA) is 115 Å². The number of anilines is 1. The van der Waals surface area contributed by atoms with Crippen LogP contribution in [0.2, 0.25) is 5.02 Å². The average Bonchev–Trinajstić information content (AvgIpc) is 3.18. The molecule has 0 fully saturated rings. The summed E-state index contributed by atoms with van der Waals surface area (Å²) in [4.78, 5) is 37.0. The monoisotopic (exact) mass is 449 g/mol. The van der Waals surface area contributed by atoms with Crippen molar-refractivity contribution in [1.82, 2.24) is 0 Å². The average molecular weight is 450 g/mol. The van der Waals surface area contributed by atoms with Gasteiger partial charge in [-0.2, -0.15) is 0 Å².